The molecule has 2 aliphatic rings. The van der Waals surface area contributed by atoms with Gasteiger partial charge < -0.3 is 4.90 Å². The van der Waals surface area contributed by atoms with Crippen LogP contribution in [0.5, 0.6) is 0 Å². The van der Waals surface area contributed by atoms with E-state index in [4.69, 9.17) is 0 Å². The molecule has 0 radical (unpaired) electrons. The molecular weight excluding hydrogens is 253 g/mol. The summed E-state index contributed by atoms with van der Waals surface area (Å²) < 4.78 is 40.5. The summed E-state index contributed by atoms with van der Waals surface area (Å²) in [7, 11) is 0. The Morgan fingerprint density at radius 1 is 1.16 bits per heavy atom. The molecule has 2 saturated heterocycles. The van der Waals surface area contributed by atoms with Crippen LogP contribution in [0.25, 0.3) is 0 Å². The first-order valence-corrected chi connectivity index (χ1v) is 6.71. The summed E-state index contributed by atoms with van der Waals surface area (Å²) in [6.07, 6.45) is 2.22. The van der Waals surface area contributed by atoms with Crippen molar-refractivity contribution in [2.75, 3.05) is 24.5 Å². The van der Waals surface area contributed by atoms with Crippen molar-refractivity contribution >= 4 is 5.69 Å². The molecule has 0 aliphatic carbocycles. The summed E-state index contributed by atoms with van der Waals surface area (Å²) in [5.74, 6) is -2.79. The normalized spacial score (nSPS) is 27.7. The summed E-state index contributed by atoms with van der Waals surface area (Å²) in [6, 6.07) is 2.13. The third kappa shape index (κ3) is 2.20. The minimum absolute atomic E-state index is 0.0524. The molecule has 0 aromatic heterocycles. The third-order valence-electron chi connectivity index (χ3n) is 4.22. The Labute approximate surface area is 110 Å². The molecule has 0 spiro atoms. The van der Waals surface area contributed by atoms with Crippen LogP contribution in [0.4, 0.5) is 18.9 Å². The topological polar surface area (TPSA) is 6.48 Å². The van der Waals surface area contributed by atoms with Gasteiger partial charge in [-0.05, 0) is 26.3 Å². The Morgan fingerprint density at radius 3 is 2.74 bits per heavy atom. The van der Waals surface area contributed by atoms with Crippen LogP contribution in [0.3, 0.4) is 0 Å². The summed E-state index contributed by atoms with van der Waals surface area (Å²) in [5.41, 5.74) is 0.0524. The number of benzene rings is 1. The number of hydrogen-bond donors (Lipinski definition) is 0. The van der Waals surface area contributed by atoms with E-state index in [1.807, 2.05) is 6.92 Å². The second-order valence-electron chi connectivity index (χ2n) is 5.51. The zero-order valence-electron chi connectivity index (χ0n) is 10.9. The van der Waals surface area contributed by atoms with Crippen molar-refractivity contribution in [3.8, 4) is 0 Å². The average Bonchev–Trinajstić information content (AvgIpc) is 2.80. The van der Waals surface area contributed by atoms with Crippen LogP contribution < -0.4 is 4.90 Å². The predicted octanol–water partition coefficient (Wildman–Crippen LogP) is 2.78. The van der Waals surface area contributed by atoms with Crippen molar-refractivity contribution in [2.45, 2.75) is 31.8 Å². The van der Waals surface area contributed by atoms with Gasteiger partial charge in [0.05, 0.1) is 5.69 Å². The predicted molar refractivity (Wildman–Crippen MR) is 67.7 cm³/mol. The molecule has 2 fully saturated rings. The van der Waals surface area contributed by atoms with Crippen molar-refractivity contribution in [3.05, 3.63) is 29.6 Å². The molecular formula is C14H17F3N2. The molecule has 0 saturated carbocycles. The Bertz CT molecular complexity index is 492. The van der Waals surface area contributed by atoms with E-state index < -0.39 is 17.5 Å². The summed E-state index contributed by atoms with van der Waals surface area (Å²) in [5, 5.41) is 0. The van der Waals surface area contributed by atoms with E-state index in [2.05, 4.69) is 4.90 Å². The summed E-state index contributed by atoms with van der Waals surface area (Å²) in [4.78, 5) is 4.18. The van der Waals surface area contributed by atoms with Gasteiger partial charge in [-0.1, -0.05) is 0 Å². The van der Waals surface area contributed by atoms with Gasteiger partial charge in [-0.25, -0.2) is 13.2 Å². The van der Waals surface area contributed by atoms with Crippen LogP contribution in [0.2, 0.25) is 0 Å². The Balaban J connectivity index is 1.93. The van der Waals surface area contributed by atoms with Gasteiger partial charge in [0.15, 0.2) is 11.6 Å². The van der Waals surface area contributed by atoms with E-state index in [9.17, 15) is 13.2 Å². The first-order valence-electron chi connectivity index (χ1n) is 6.71. The fraction of sp³-hybridized carbons (Fsp3) is 0.571. The van der Waals surface area contributed by atoms with Crippen LogP contribution >= 0.6 is 0 Å². The van der Waals surface area contributed by atoms with Gasteiger partial charge in [-0.3, -0.25) is 4.90 Å². The zero-order valence-corrected chi connectivity index (χ0v) is 10.9. The third-order valence-corrected chi connectivity index (χ3v) is 4.22. The van der Waals surface area contributed by atoms with Gasteiger partial charge in [0, 0.05) is 37.3 Å². The lowest BCUT2D eigenvalue weighted by atomic mass is 10.1. The highest BCUT2D eigenvalue weighted by atomic mass is 19.2. The number of halogens is 3. The quantitative estimate of drug-likeness (QED) is 0.724. The number of fused-ring (bicyclic) bond motifs is 1. The van der Waals surface area contributed by atoms with Crippen LogP contribution in [0.15, 0.2) is 12.1 Å². The highest BCUT2D eigenvalue weighted by molar-refractivity contribution is 5.50. The molecule has 104 valence electrons. The van der Waals surface area contributed by atoms with Crippen molar-refractivity contribution in [3.63, 3.8) is 0 Å². The molecule has 3 rings (SSSR count). The maximum Gasteiger partial charge on any atom is 0.182 e. The van der Waals surface area contributed by atoms with Gasteiger partial charge >= 0.3 is 0 Å². The molecule has 1 aromatic carbocycles. The van der Waals surface area contributed by atoms with E-state index in [0.717, 1.165) is 32.0 Å². The van der Waals surface area contributed by atoms with Crippen molar-refractivity contribution in [2.24, 2.45) is 0 Å². The maximum absolute atomic E-state index is 13.9. The summed E-state index contributed by atoms with van der Waals surface area (Å²) in [6.45, 7) is 4.50. The SMILES string of the molecule is CC1CN2CCCC2CN1c1cc(F)cc(F)c1F. The Hall–Kier alpha value is -1.23. The van der Waals surface area contributed by atoms with Gasteiger partial charge in [0.1, 0.15) is 5.82 Å². The van der Waals surface area contributed by atoms with Crippen LogP contribution in [-0.2, 0) is 0 Å². The van der Waals surface area contributed by atoms with Crippen molar-refractivity contribution < 1.29 is 13.2 Å². The minimum Gasteiger partial charge on any atom is -0.363 e. The van der Waals surface area contributed by atoms with Crippen LogP contribution in [-0.4, -0.2) is 36.6 Å². The number of nitrogens with zero attached hydrogens (tertiary/aromatic N) is 2. The number of rotatable bonds is 1. The van der Waals surface area contributed by atoms with Crippen molar-refractivity contribution in [1.29, 1.82) is 0 Å². The largest absolute Gasteiger partial charge is 0.363 e. The molecule has 0 amide bonds. The monoisotopic (exact) mass is 270 g/mol. The highest BCUT2D eigenvalue weighted by Gasteiger charge is 2.35. The van der Waals surface area contributed by atoms with Crippen molar-refractivity contribution in [1.82, 2.24) is 4.90 Å². The van der Waals surface area contributed by atoms with E-state index in [1.54, 1.807) is 4.90 Å². The van der Waals surface area contributed by atoms with E-state index in [-0.39, 0.29) is 11.7 Å². The molecule has 2 aliphatic heterocycles. The zero-order chi connectivity index (χ0) is 13.6. The van der Waals surface area contributed by atoms with E-state index >= 15 is 0 Å². The lowest BCUT2D eigenvalue weighted by Gasteiger charge is -2.43. The number of piperazine rings is 1. The Morgan fingerprint density at radius 2 is 1.95 bits per heavy atom. The number of anilines is 1. The minimum atomic E-state index is -1.11. The molecule has 0 N–H and O–H groups in total. The summed E-state index contributed by atoms with van der Waals surface area (Å²) >= 11 is 0. The second kappa shape index (κ2) is 4.71. The maximum atomic E-state index is 13.9. The molecule has 2 atom stereocenters. The average molecular weight is 270 g/mol. The fourth-order valence-corrected chi connectivity index (χ4v) is 3.27. The fourth-order valence-electron chi connectivity index (χ4n) is 3.27. The lowest BCUT2D eigenvalue weighted by molar-refractivity contribution is 0.202. The second-order valence-corrected chi connectivity index (χ2v) is 5.51. The molecule has 2 heterocycles. The molecule has 1 aromatic rings. The smallest absolute Gasteiger partial charge is 0.182 e. The standard InChI is InChI=1S/C14H17F3N2/c1-9-7-18-4-2-3-11(18)8-19(9)13-6-10(15)5-12(16)14(13)17/h5-6,9,11H,2-4,7-8H2,1H3. The van der Waals surface area contributed by atoms with Gasteiger partial charge in [0.25, 0.3) is 0 Å². The first kappa shape index (κ1) is 12.8. The number of hydrogen-bond acceptors (Lipinski definition) is 2. The van der Waals surface area contributed by atoms with E-state index in [0.29, 0.717) is 18.7 Å². The van der Waals surface area contributed by atoms with Gasteiger partial charge in [-0.2, -0.15) is 0 Å². The molecule has 0 bridgehead atoms. The highest BCUT2D eigenvalue weighted by Crippen LogP contribution is 2.31. The molecule has 5 heteroatoms. The van der Waals surface area contributed by atoms with Gasteiger partial charge in [-0.15, -0.1) is 0 Å². The Kier molecular flexibility index (Phi) is 3.17. The van der Waals surface area contributed by atoms with Crippen LogP contribution in [0, 0.1) is 17.5 Å². The van der Waals surface area contributed by atoms with Gasteiger partial charge in [0.2, 0.25) is 0 Å². The molecule has 2 unspecified atom stereocenters. The lowest BCUT2D eigenvalue weighted by Crippen LogP contribution is -2.55. The molecule has 19 heavy (non-hydrogen) atoms. The van der Waals surface area contributed by atoms with Crippen LogP contribution in [0.1, 0.15) is 19.8 Å². The van der Waals surface area contributed by atoms with E-state index in [1.165, 1.54) is 0 Å². The first-order chi connectivity index (χ1) is 9.06. The molecule has 2 nitrogen and oxygen atoms in total.